The minimum absolute atomic E-state index is 0. The number of carbonyl (C=O) groups excluding carboxylic acids is 1. The Kier molecular flexibility index (Phi) is 8.71. The quantitative estimate of drug-likeness (QED) is 0.700. The van der Waals surface area contributed by atoms with Crippen molar-refractivity contribution in [1.29, 1.82) is 0 Å². The van der Waals surface area contributed by atoms with E-state index in [1.165, 1.54) is 0 Å². The average molecular weight is 274 g/mol. The summed E-state index contributed by atoms with van der Waals surface area (Å²) in [5.41, 5.74) is 0. The van der Waals surface area contributed by atoms with Crippen LogP contribution in [0.4, 0.5) is 0 Å². The lowest BCUT2D eigenvalue weighted by Crippen LogP contribution is -2.43. The van der Waals surface area contributed by atoms with Gasteiger partial charge >= 0.3 is 0 Å². The maximum absolute atomic E-state index is 12.1. The van der Waals surface area contributed by atoms with Gasteiger partial charge in [0.1, 0.15) is 0 Å². The van der Waals surface area contributed by atoms with Crippen LogP contribution in [0.1, 0.15) is 6.42 Å². The van der Waals surface area contributed by atoms with Gasteiger partial charge in [-0.1, -0.05) is 12.2 Å². The van der Waals surface area contributed by atoms with Gasteiger partial charge in [-0.25, -0.2) is 0 Å². The third-order valence-electron chi connectivity index (χ3n) is 3.09. The van der Waals surface area contributed by atoms with Crippen molar-refractivity contribution in [3.05, 3.63) is 25.3 Å². The van der Waals surface area contributed by atoms with Crippen LogP contribution in [-0.4, -0.2) is 61.5 Å². The van der Waals surface area contributed by atoms with E-state index < -0.39 is 0 Å². The molecule has 1 unspecified atom stereocenters. The summed E-state index contributed by atoms with van der Waals surface area (Å²) in [6.07, 6.45) is 4.61. The third kappa shape index (κ3) is 5.21. The highest BCUT2D eigenvalue weighted by Crippen LogP contribution is 2.06. The molecule has 0 aliphatic carbocycles. The summed E-state index contributed by atoms with van der Waals surface area (Å²) in [6.45, 7) is 11.0. The Morgan fingerprint density at radius 1 is 1.39 bits per heavy atom. The Bertz CT molecular complexity index is 267. The Balaban J connectivity index is 0.00000289. The molecule has 1 aliphatic rings. The maximum Gasteiger partial charge on any atom is 0.237 e. The molecule has 0 aromatic rings. The summed E-state index contributed by atoms with van der Waals surface area (Å²) in [7, 11) is 2.01. The molecule has 0 radical (unpaired) electrons. The highest BCUT2D eigenvalue weighted by Gasteiger charge is 2.22. The molecule has 0 bridgehead atoms. The van der Waals surface area contributed by atoms with E-state index in [4.69, 9.17) is 0 Å². The molecule has 0 aromatic carbocycles. The monoisotopic (exact) mass is 273 g/mol. The number of halogens is 1. The van der Waals surface area contributed by atoms with E-state index in [1.807, 2.05) is 7.05 Å². The molecule has 1 saturated heterocycles. The minimum Gasteiger partial charge on any atom is -0.334 e. The van der Waals surface area contributed by atoms with Crippen molar-refractivity contribution in [1.82, 2.24) is 15.1 Å². The number of nitrogens with zero attached hydrogens (tertiary/aromatic N) is 2. The molecule has 4 nitrogen and oxygen atoms in total. The Labute approximate surface area is 116 Å². The predicted octanol–water partition coefficient (Wildman–Crippen LogP) is 0.902. The van der Waals surface area contributed by atoms with E-state index in [9.17, 15) is 4.79 Å². The van der Waals surface area contributed by atoms with E-state index in [1.54, 1.807) is 17.1 Å². The zero-order chi connectivity index (χ0) is 12.7. The van der Waals surface area contributed by atoms with Crippen LogP contribution in [0, 0.1) is 0 Å². The fourth-order valence-corrected chi connectivity index (χ4v) is 2.05. The van der Waals surface area contributed by atoms with Crippen molar-refractivity contribution in [3.63, 3.8) is 0 Å². The van der Waals surface area contributed by atoms with Gasteiger partial charge < -0.3 is 10.2 Å². The van der Waals surface area contributed by atoms with E-state index in [-0.39, 0.29) is 18.3 Å². The number of likely N-dealkylation sites (N-methyl/N-ethyl adjacent to an activating group) is 1. The van der Waals surface area contributed by atoms with Crippen molar-refractivity contribution in [2.75, 3.05) is 39.8 Å². The second-order valence-electron chi connectivity index (χ2n) is 4.44. The van der Waals surface area contributed by atoms with Crippen molar-refractivity contribution >= 4 is 18.3 Å². The molecule has 1 N–H and O–H groups in total. The van der Waals surface area contributed by atoms with Crippen molar-refractivity contribution in [3.8, 4) is 0 Å². The van der Waals surface area contributed by atoms with Gasteiger partial charge in [0.25, 0.3) is 0 Å². The number of amides is 1. The lowest BCUT2D eigenvalue weighted by atomic mass is 10.2. The third-order valence-corrected chi connectivity index (χ3v) is 3.09. The molecule has 1 rings (SSSR count). The molecule has 0 saturated carbocycles. The zero-order valence-corrected chi connectivity index (χ0v) is 11.9. The molecule has 1 amide bonds. The highest BCUT2D eigenvalue weighted by molar-refractivity contribution is 5.85. The molecule has 0 spiro atoms. The van der Waals surface area contributed by atoms with Crippen LogP contribution in [0.5, 0.6) is 0 Å². The SMILES string of the molecule is C=CCN(CC=C)C(=O)CN(C)C1CCNC1.Cl. The summed E-state index contributed by atoms with van der Waals surface area (Å²) in [4.78, 5) is 15.9. The molecule has 5 heteroatoms. The minimum atomic E-state index is 0. The predicted molar refractivity (Wildman–Crippen MR) is 78.1 cm³/mol. The van der Waals surface area contributed by atoms with Crippen LogP contribution < -0.4 is 5.32 Å². The van der Waals surface area contributed by atoms with Crippen LogP contribution in [0.15, 0.2) is 25.3 Å². The summed E-state index contributed by atoms with van der Waals surface area (Å²) in [5.74, 6) is 0.138. The molecule has 1 aliphatic heterocycles. The topological polar surface area (TPSA) is 35.6 Å². The van der Waals surface area contributed by atoms with Gasteiger partial charge in [-0.3, -0.25) is 9.69 Å². The van der Waals surface area contributed by atoms with Crippen LogP contribution >= 0.6 is 12.4 Å². The zero-order valence-electron chi connectivity index (χ0n) is 11.1. The van der Waals surface area contributed by atoms with Gasteiger partial charge in [0, 0.05) is 25.7 Å². The van der Waals surface area contributed by atoms with E-state index >= 15 is 0 Å². The van der Waals surface area contributed by atoms with Gasteiger partial charge in [0.15, 0.2) is 0 Å². The summed E-state index contributed by atoms with van der Waals surface area (Å²) in [6, 6.07) is 0.480. The number of rotatable bonds is 7. The van der Waals surface area contributed by atoms with Gasteiger partial charge in [0.2, 0.25) is 5.91 Å². The number of hydrogen-bond acceptors (Lipinski definition) is 3. The summed E-state index contributed by atoms with van der Waals surface area (Å²) in [5, 5.41) is 3.31. The number of hydrogen-bond donors (Lipinski definition) is 1. The Hall–Kier alpha value is -0.840. The van der Waals surface area contributed by atoms with E-state index in [0.717, 1.165) is 19.5 Å². The first-order chi connectivity index (χ1) is 8.19. The molecule has 18 heavy (non-hydrogen) atoms. The first kappa shape index (κ1) is 17.2. The molecule has 1 atom stereocenters. The first-order valence-corrected chi connectivity index (χ1v) is 6.09. The molecule has 1 fully saturated rings. The lowest BCUT2D eigenvalue weighted by molar-refractivity contribution is -0.131. The fourth-order valence-electron chi connectivity index (χ4n) is 2.05. The molecular formula is C13H24ClN3O. The summed E-state index contributed by atoms with van der Waals surface area (Å²) < 4.78 is 0. The molecule has 1 heterocycles. The highest BCUT2D eigenvalue weighted by atomic mass is 35.5. The van der Waals surface area contributed by atoms with Gasteiger partial charge in [-0.05, 0) is 20.0 Å². The van der Waals surface area contributed by atoms with Crippen LogP contribution in [-0.2, 0) is 4.79 Å². The average Bonchev–Trinajstić information content (AvgIpc) is 2.82. The molecule has 0 aromatic heterocycles. The standard InChI is InChI=1S/C13H23N3O.ClH/c1-4-8-16(9-5-2)13(17)11-15(3)12-6-7-14-10-12;/h4-5,12,14H,1-2,6-11H2,3H3;1H. The van der Waals surface area contributed by atoms with Gasteiger partial charge in [-0.2, -0.15) is 0 Å². The van der Waals surface area contributed by atoms with Crippen molar-refractivity contribution < 1.29 is 4.79 Å². The van der Waals surface area contributed by atoms with Crippen molar-refractivity contribution in [2.24, 2.45) is 0 Å². The van der Waals surface area contributed by atoms with E-state index in [0.29, 0.717) is 25.7 Å². The van der Waals surface area contributed by atoms with Crippen LogP contribution in [0.2, 0.25) is 0 Å². The molecule has 104 valence electrons. The van der Waals surface area contributed by atoms with Crippen molar-refractivity contribution in [2.45, 2.75) is 12.5 Å². The van der Waals surface area contributed by atoms with Crippen LogP contribution in [0.3, 0.4) is 0 Å². The maximum atomic E-state index is 12.1. The second kappa shape index (κ2) is 9.14. The largest absolute Gasteiger partial charge is 0.334 e. The molecular weight excluding hydrogens is 250 g/mol. The fraction of sp³-hybridized carbons (Fsp3) is 0.615. The van der Waals surface area contributed by atoms with Gasteiger partial charge in [-0.15, -0.1) is 25.6 Å². The number of carbonyl (C=O) groups is 1. The second-order valence-corrected chi connectivity index (χ2v) is 4.44. The first-order valence-electron chi connectivity index (χ1n) is 6.09. The smallest absolute Gasteiger partial charge is 0.237 e. The lowest BCUT2D eigenvalue weighted by Gasteiger charge is -2.26. The van der Waals surface area contributed by atoms with Crippen LogP contribution in [0.25, 0.3) is 0 Å². The normalized spacial score (nSPS) is 18.2. The Morgan fingerprint density at radius 3 is 2.44 bits per heavy atom. The van der Waals surface area contributed by atoms with Gasteiger partial charge in [0.05, 0.1) is 6.54 Å². The number of nitrogens with one attached hydrogen (secondary N) is 1. The Morgan fingerprint density at radius 2 is 2.00 bits per heavy atom. The van der Waals surface area contributed by atoms with E-state index in [2.05, 4.69) is 23.4 Å². The summed E-state index contributed by atoms with van der Waals surface area (Å²) >= 11 is 0.